The van der Waals surface area contributed by atoms with Crippen LogP contribution < -0.4 is 0 Å². The zero-order valence-corrected chi connectivity index (χ0v) is 12.5. The van der Waals surface area contributed by atoms with Crippen LogP contribution in [0.1, 0.15) is 41.5 Å². The Kier molecular flexibility index (Phi) is 4.81. The Morgan fingerprint density at radius 3 is 1.82 bits per heavy atom. The molecule has 0 aliphatic rings. The Morgan fingerprint density at radius 2 is 1.59 bits per heavy atom. The van der Waals surface area contributed by atoms with Crippen LogP contribution >= 0.6 is 0 Å². The predicted octanol–water partition coefficient (Wildman–Crippen LogP) is 1.26. The van der Waals surface area contributed by atoms with Gasteiger partial charge in [-0.3, -0.25) is 4.18 Å². The molecular formula is C9H18N2O4S2. The molecule has 0 heterocycles. The summed E-state index contributed by atoms with van der Waals surface area (Å²) in [4.78, 5) is 2.61. The van der Waals surface area contributed by atoms with Gasteiger partial charge in [-0.05, 0) is 41.5 Å². The van der Waals surface area contributed by atoms with Gasteiger partial charge in [0, 0.05) is 0 Å². The quantitative estimate of drug-likeness (QED) is 0.313. The third-order valence-corrected chi connectivity index (χ3v) is 5.82. The summed E-state index contributed by atoms with van der Waals surface area (Å²) in [6.07, 6.45) is 0. The predicted molar refractivity (Wildman–Crippen MR) is 66.3 cm³/mol. The van der Waals surface area contributed by atoms with Crippen molar-refractivity contribution < 1.29 is 21.6 Å². The number of nitrogens with zero attached hydrogens (tertiary/aromatic N) is 2. The Labute approximate surface area is 105 Å². The van der Waals surface area contributed by atoms with Crippen LogP contribution in [0.4, 0.5) is 0 Å². The van der Waals surface area contributed by atoms with Gasteiger partial charge in [0.05, 0.1) is 10.3 Å². The molecule has 0 aromatic rings. The fourth-order valence-corrected chi connectivity index (χ4v) is 3.49. The highest BCUT2D eigenvalue weighted by Crippen LogP contribution is 2.20. The zero-order valence-electron chi connectivity index (χ0n) is 10.8. The summed E-state index contributed by atoms with van der Waals surface area (Å²) >= 11 is -2.33. The molecule has 1 atom stereocenters. The molecule has 0 bridgehead atoms. The van der Waals surface area contributed by atoms with Crippen LogP contribution in [-0.2, 0) is 25.1 Å². The van der Waals surface area contributed by atoms with E-state index in [0.717, 1.165) is 0 Å². The monoisotopic (exact) mass is 282 g/mol. The molecule has 0 aliphatic heterocycles. The number of sulfone groups is 1. The molecule has 0 rings (SSSR count). The smallest absolute Gasteiger partial charge is 0.359 e. The molecule has 0 saturated heterocycles. The van der Waals surface area contributed by atoms with Crippen molar-refractivity contribution in [1.82, 2.24) is 0 Å². The highest BCUT2D eigenvalue weighted by molar-refractivity contribution is 8.27. The van der Waals surface area contributed by atoms with E-state index in [0.29, 0.717) is 0 Å². The van der Waals surface area contributed by atoms with E-state index in [-0.39, 0.29) is 0 Å². The van der Waals surface area contributed by atoms with Crippen molar-refractivity contribution in [1.29, 1.82) is 0 Å². The summed E-state index contributed by atoms with van der Waals surface area (Å²) in [5.74, 6) is 0. The maximum absolute atomic E-state index is 11.9. The molecule has 0 spiro atoms. The largest absolute Gasteiger partial charge is 0.495 e. The van der Waals surface area contributed by atoms with E-state index in [4.69, 9.17) is 9.71 Å². The molecule has 0 aromatic carbocycles. The molecule has 0 N–H and O–H groups in total. The summed E-state index contributed by atoms with van der Waals surface area (Å²) in [6, 6.07) is 0. The second-order valence-electron chi connectivity index (χ2n) is 5.41. The molecule has 0 fully saturated rings. The Morgan fingerprint density at radius 1 is 1.18 bits per heavy atom. The lowest BCUT2D eigenvalue weighted by molar-refractivity contribution is 0.00251. The summed E-state index contributed by atoms with van der Waals surface area (Å²) in [7, 11) is -3.99. The molecule has 8 heteroatoms. The lowest BCUT2D eigenvalue weighted by Crippen LogP contribution is -2.39. The summed E-state index contributed by atoms with van der Waals surface area (Å²) in [5, 5.41) is 0. The fraction of sp³-hybridized carbons (Fsp3) is 0.889. The number of rotatable bonds is 1. The first-order chi connectivity index (χ1) is 7.33. The Bertz CT molecular complexity index is 462. The van der Waals surface area contributed by atoms with E-state index in [1.54, 1.807) is 20.8 Å². The van der Waals surface area contributed by atoms with Crippen LogP contribution in [0.3, 0.4) is 0 Å². The van der Waals surface area contributed by atoms with Gasteiger partial charge in [0.15, 0.2) is 0 Å². The highest BCUT2D eigenvalue weighted by atomic mass is 32.3. The van der Waals surface area contributed by atoms with Gasteiger partial charge in [-0.2, -0.15) is 0 Å². The molecule has 100 valence electrons. The minimum atomic E-state index is -3.99. The summed E-state index contributed by atoms with van der Waals surface area (Å²) in [5.41, 5.74) is 7.92. The normalized spacial score (nSPS) is 15.2. The van der Waals surface area contributed by atoms with Gasteiger partial charge in [0.25, 0.3) is 20.9 Å². The molecule has 17 heavy (non-hydrogen) atoms. The van der Waals surface area contributed by atoms with Crippen molar-refractivity contribution >= 4 is 25.3 Å². The molecule has 0 radical (unpaired) electrons. The van der Waals surface area contributed by atoms with Crippen molar-refractivity contribution in [3.63, 3.8) is 0 Å². The first-order valence-corrected chi connectivity index (χ1v) is 7.46. The van der Waals surface area contributed by atoms with E-state index >= 15 is 0 Å². The van der Waals surface area contributed by atoms with Gasteiger partial charge in [-0.1, -0.05) is 0 Å². The minimum absolute atomic E-state index is 0.811. The lowest BCUT2D eigenvalue weighted by atomic mass is 10.2. The fourth-order valence-electron chi connectivity index (χ4n) is 0.701. The maximum Gasteiger partial charge on any atom is 0.495 e. The minimum Gasteiger partial charge on any atom is -0.359 e. The van der Waals surface area contributed by atoms with E-state index in [2.05, 4.69) is 4.79 Å². The second kappa shape index (κ2) is 4.97. The molecule has 0 aromatic heterocycles. The van der Waals surface area contributed by atoms with Crippen LogP contribution in [0, 0.1) is 0 Å². The highest BCUT2D eigenvalue weighted by Gasteiger charge is 2.46. The van der Waals surface area contributed by atoms with Gasteiger partial charge in [0.2, 0.25) is 0 Å². The summed E-state index contributed by atoms with van der Waals surface area (Å²) in [6.45, 7) is 9.10. The second-order valence-corrected chi connectivity index (χ2v) is 9.31. The number of hydrogen-bond acceptors (Lipinski definition) is 4. The van der Waals surface area contributed by atoms with Crippen molar-refractivity contribution in [2.75, 3.05) is 0 Å². The van der Waals surface area contributed by atoms with Gasteiger partial charge in [-0.15, -0.1) is 4.79 Å². The lowest BCUT2D eigenvalue weighted by Gasteiger charge is -2.18. The SMILES string of the molecule is CC(C)(C)OS(=O)C(=[N+]=[N-])S(=O)(=O)C(C)(C)C. The maximum atomic E-state index is 11.9. The topological polar surface area (TPSA) is 96.8 Å². The van der Waals surface area contributed by atoms with E-state index < -0.39 is 35.6 Å². The molecule has 0 amide bonds. The standard InChI is InChI=1S/C9H18N2O4S2/c1-8(2,3)15-16(12)7(11-10)17(13,14)9(4,5)6/h1-6H3. The van der Waals surface area contributed by atoms with Crippen molar-refractivity contribution in [2.24, 2.45) is 0 Å². The number of hydrogen-bond donors (Lipinski definition) is 0. The zero-order chi connectivity index (χ0) is 14.1. The third-order valence-electron chi connectivity index (χ3n) is 1.59. The first kappa shape index (κ1) is 16.4. The first-order valence-electron chi connectivity index (χ1n) is 4.91. The molecular weight excluding hydrogens is 264 g/mol. The van der Waals surface area contributed by atoms with E-state index in [1.807, 2.05) is 0 Å². The summed E-state index contributed by atoms with van der Waals surface area (Å²) < 4.78 is 38.5. The third kappa shape index (κ3) is 4.31. The molecule has 6 nitrogen and oxygen atoms in total. The average Bonchev–Trinajstić information content (AvgIpc) is 1.98. The van der Waals surface area contributed by atoms with Crippen molar-refractivity contribution in [3.8, 4) is 0 Å². The average molecular weight is 282 g/mol. The van der Waals surface area contributed by atoms with Crippen molar-refractivity contribution in [2.45, 2.75) is 51.9 Å². The van der Waals surface area contributed by atoms with E-state index in [1.165, 1.54) is 20.8 Å². The Balaban J connectivity index is 5.45. The van der Waals surface area contributed by atoms with Crippen molar-refractivity contribution in [3.05, 3.63) is 5.53 Å². The Hall–Kier alpha value is -0.560. The van der Waals surface area contributed by atoms with Gasteiger partial charge < -0.3 is 5.53 Å². The van der Waals surface area contributed by atoms with Gasteiger partial charge in [-0.25, -0.2) is 12.6 Å². The van der Waals surface area contributed by atoms with Crippen LogP contribution in [0.5, 0.6) is 0 Å². The molecule has 0 saturated carbocycles. The van der Waals surface area contributed by atoms with E-state index in [9.17, 15) is 12.6 Å². The molecule has 0 aliphatic carbocycles. The van der Waals surface area contributed by atoms with Gasteiger partial charge >= 0.3 is 4.38 Å². The molecule has 1 unspecified atom stereocenters. The van der Waals surface area contributed by atoms with Crippen LogP contribution in [0.25, 0.3) is 5.53 Å². The van der Waals surface area contributed by atoms with Crippen LogP contribution in [0.15, 0.2) is 0 Å². The van der Waals surface area contributed by atoms with Crippen LogP contribution in [-0.4, -0.2) is 32.1 Å². The van der Waals surface area contributed by atoms with Gasteiger partial charge in [0.1, 0.15) is 0 Å². The van der Waals surface area contributed by atoms with Crippen LogP contribution in [0.2, 0.25) is 0 Å².